The van der Waals surface area contributed by atoms with E-state index < -0.39 is 0 Å². The molecule has 7 nitrogen and oxygen atoms in total. The lowest BCUT2D eigenvalue weighted by Crippen LogP contribution is -2.24. The molecule has 0 aliphatic carbocycles. The maximum atomic E-state index is 12.4. The molecule has 1 aliphatic rings. The first kappa shape index (κ1) is 22.7. The number of anilines is 3. The molecule has 33 heavy (non-hydrogen) atoms. The van der Waals surface area contributed by atoms with E-state index >= 15 is 0 Å². The van der Waals surface area contributed by atoms with Gasteiger partial charge in [-0.05, 0) is 74.4 Å². The number of hydrogen-bond donors (Lipinski definition) is 2. The van der Waals surface area contributed by atoms with Crippen molar-refractivity contribution in [1.82, 2.24) is 14.9 Å². The van der Waals surface area contributed by atoms with E-state index in [4.69, 9.17) is 9.72 Å². The van der Waals surface area contributed by atoms with Crippen molar-refractivity contribution < 1.29 is 9.53 Å². The molecule has 1 aromatic heterocycles. The van der Waals surface area contributed by atoms with Crippen molar-refractivity contribution in [3.8, 4) is 17.0 Å². The highest BCUT2D eigenvalue weighted by atomic mass is 16.5. The number of carbonyl (C=O) groups excluding carboxylic acids is 1. The monoisotopic (exact) mass is 445 g/mol. The SMILES string of the molecule is CCN(CC)CCCc1ccc2c(c1)-c1nc(Nc3ccc(OC)cc3)ncc1CC(=O)N2. The Kier molecular flexibility index (Phi) is 7.19. The number of nitrogens with one attached hydrogen (secondary N) is 2. The van der Waals surface area contributed by atoms with Crippen LogP contribution in [0.4, 0.5) is 17.3 Å². The second kappa shape index (κ2) is 10.4. The maximum absolute atomic E-state index is 12.4. The average molecular weight is 446 g/mol. The molecule has 0 saturated heterocycles. The summed E-state index contributed by atoms with van der Waals surface area (Å²) in [6.07, 6.45) is 4.07. The van der Waals surface area contributed by atoms with E-state index in [1.165, 1.54) is 5.56 Å². The molecule has 2 heterocycles. The van der Waals surface area contributed by atoms with E-state index in [1.807, 2.05) is 30.3 Å². The highest BCUT2D eigenvalue weighted by Crippen LogP contribution is 2.34. The molecule has 7 heteroatoms. The number of aromatic nitrogens is 2. The van der Waals surface area contributed by atoms with E-state index in [-0.39, 0.29) is 12.3 Å². The van der Waals surface area contributed by atoms with Gasteiger partial charge in [0.2, 0.25) is 11.9 Å². The third-order valence-electron chi connectivity index (χ3n) is 6.01. The van der Waals surface area contributed by atoms with E-state index in [2.05, 4.69) is 46.5 Å². The summed E-state index contributed by atoms with van der Waals surface area (Å²) in [5, 5.41) is 6.28. The Morgan fingerprint density at radius 3 is 2.64 bits per heavy atom. The molecule has 4 rings (SSSR count). The second-order valence-corrected chi connectivity index (χ2v) is 8.16. The molecule has 0 fully saturated rings. The highest BCUT2D eigenvalue weighted by Gasteiger charge is 2.21. The van der Waals surface area contributed by atoms with Crippen LogP contribution in [0, 0.1) is 0 Å². The van der Waals surface area contributed by atoms with Crippen LogP contribution < -0.4 is 15.4 Å². The molecular formula is C26H31N5O2. The lowest BCUT2D eigenvalue weighted by molar-refractivity contribution is -0.115. The normalized spacial score (nSPS) is 12.5. The summed E-state index contributed by atoms with van der Waals surface area (Å²) in [6.45, 7) is 7.61. The van der Waals surface area contributed by atoms with E-state index in [9.17, 15) is 4.79 Å². The first-order valence-corrected chi connectivity index (χ1v) is 11.5. The van der Waals surface area contributed by atoms with Crippen LogP contribution in [0.1, 0.15) is 31.4 Å². The van der Waals surface area contributed by atoms with Crippen molar-refractivity contribution >= 4 is 23.2 Å². The van der Waals surface area contributed by atoms with Crippen molar-refractivity contribution in [2.45, 2.75) is 33.1 Å². The van der Waals surface area contributed by atoms with Gasteiger partial charge in [-0.2, -0.15) is 0 Å². The number of benzene rings is 2. The van der Waals surface area contributed by atoms with Gasteiger partial charge in [0.05, 0.1) is 24.9 Å². The van der Waals surface area contributed by atoms with Crippen LogP contribution in [0.25, 0.3) is 11.3 Å². The lowest BCUT2D eigenvalue weighted by atomic mass is 10.00. The second-order valence-electron chi connectivity index (χ2n) is 8.16. The van der Waals surface area contributed by atoms with Crippen LogP contribution in [-0.2, 0) is 17.6 Å². The zero-order chi connectivity index (χ0) is 23.2. The number of nitrogens with zero attached hydrogens (tertiary/aromatic N) is 3. The third kappa shape index (κ3) is 5.49. The number of aryl methyl sites for hydroxylation is 1. The molecule has 0 bridgehead atoms. The van der Waals surface area contributed by atoms with Crippen LogP contribution in [0.2, 0.25) is 0 Å². The van der Waals surface area contributed by atoms with Gasteiger partial charge in [0.15, 0.2) is 0 Å². The van der Waals surface area contributed by atoms with Crippen molar-refractivity contribution in [3.63, 3.8) is 0 Å². The number of carbonyl (C=O) groups is 1. The van der Waals surface area contributed by atoms with Crippen LogP contribution in [-0.4, -0.2) is 47.5 Å². The predicted molar refractivity (Wildman–Crippen MR) is 132 cm³/mol. The Morgan fingerprint density at radius 1 is 1.12 bits per heavy atom. The summed E-state index contributed by atoms with van der Waals surface area (Å²) in [5.41, 5.74) is 5.46. The average Bonchev–Trinajstić information content (AvgIpc) is 2.97. The van der Waals surface area contributed by atoms with Crippen LogP contribution in [0.5, 0.6) is 5.75 Å². The summed E-state index contributed by atoms with van der Waals surface area (Å²) >= 11 is 0. The standard InChI is InChI=1S/C26H31N5O2/c1-4-31(5-2)14-6-7-18-8-13-23-22(15-18)25-19(16-24(32)29-23)17-27-26(30-25)28-20-9-11-21(33-3)12-10-20/h8-13,15,17H,4-7,14,16H2,1-3H3,(H,29,32)(H,27,28,30). The third-order valence-corrected chi connectivity index (χ3v) is 6.01. The van der Waals surface area contributed by atoms with Crippen molar-refractivity contribution in [1.29, 1.82) is 0 Å². The fraction of sp³-hybridized carbons (Fsp3) is 0.346. The molecular weight excluding hydrogens is 414 g/mol. The van der Waals surface area contributed by atoms with Crippen molar-refractivity contribution in [2.24, 2.45) is 0 Å². The topological polar surface area (TPSA) is 79.4 Å². The first-order valence-electron chi connectivity index (χ1n) is 11.5. The fourth-order valence-corrected chi connectivity index (χ4v) is 4.10. The molecule has 0 atom stereocenters. The van der Waals surface area contributed by atoms with Crippen LogP contribution >= 0.6 is 0 Å². The Hall–Kier alpha value is -3.45. The van der Waals surface area contributed by atoms with Crippen LogP contribution in [0.15, 0.2) is 48.7 Å². The van der Waals surface area contributed by atoms with Crippen LogP contribution in [0.3, 0.4) is 0 Å². The zero-order valence-electron chi connectivity index (χ0n) is 19.5. The highest BCUT2D eigenvalue weighted by molar-refractivity contribution is 6.00. The van der Waals surface area contributed by atoms with Gasteiger partial charge in [0, 0.05) is 23.0 Å². The molecule has 172 valence electrons. The minimum absolute atomic E-state index is 0.0521. The minimum atomic E-state index is -0.0521. The maximum Gasteiger partial charge on any atom is 0.228 e. The Morgan fingerprint density at radius 2 is 1.91 bits per heavy atom. The molecule has 2 aromatic carbocycles. The summed E-state index contributed by atoms with van der Waals surface area (Å²) in [7, 11) is 1.64. The van der Waals surface area contributed by atoms with E-state index in [0.717, 1.165) is 66.4 Å². The van der Waals surface area contributed by atoms with E-state index in [0.29, 0.717) is 5.95 Å². The fourth-order valence-electron chi connectivity index (χ4n) is 4.10. The molecule has 2 N–H and O–H groups in total. The molecule has 0 saturated carbocycles. The quantitative estimate of drug-likeness (QED) is 0.499. The number of ether oxygens (including phenoxy) is 1. The number of fused-ring (bicyclic) bond motifs is 3. The molecule has 0 unspecified atom stereocenters. The van der Waals surface area contributed by atoms with Gasteiger partial charge >= 0.3 is 0 Å². The van der Waals surface area contributed by atoms with Gasteiger partial charge in [0.1, 0.15) is 5.75 Å². The molecule has 3 aromatic rings. The Labute approximate surface area is 195 Å². The van der Waals surface area contributed by atoms with Gasteiger partial charge in [0.25, 0.3) is 0 Å². The molecule has 0 radical (unpaired) electrons. The van der Waals surface area contributed by atoms with Gasteiger partial charge in [-0.3, -0.25) is 4.79 Å². The molecule has 0 spiro atoms. The largest absolute Gasteiger partial charge is 0.497 e. The van der Waals surface area contributed by atoms with Gasteiger partial charge in [-0.25, -0.2) is 9.97 Å². The molecule has 1 aliphatic heterocycles. The van der Waals surface area contributed by atoms with Gasteiger partial charge < -0.3 is 20.3 Å². The Bertz CT molecular complexity index is 1110. The zero-order valence-corrected chi connectivity index (χ0v) is 19.5. The van der Waals surface area contributed by atoms with Gasteiger partial charge in [-0.15, -0.1) is 0 Å². The summed E-state index contributed by atoms with van der Waals surface area (Å²) < 4.78 is 5.22. The smallest absolute Gasteiger partial charge is 0.228 e. The summed E-state index contributed by atoms with van der Waals surface area (Å²) in [5.74, 6) is 1.23. The number of hydrogen-bond acceptors (Lipinski definition) is 6. The molecule has 1 amide bonds. The predicted octanol–water partition coefficient (Wildman–Crippen LogP) is 4.66. The number of amides is 1. The minimum Gasteiger partial charge on any atom is -0.497 e. The van der Waals surface area contributed by atoms with E-state index in [1.54, 1.807) is 13.3 Å². The summed E-state index contributed by atoms with van der Waals surface area (Å²) in [6, 6.07) is 13.9. The Balaban J connectivity index is 1.60. The van der Waals surface area contributed by atoms with Crippen molar-refractivity contribution in [3.05, 3.63) is 59.8 Å². The summed E-state index contributed by atoms with van der Waals surface area (Å²) in [4.78, 5) is 24.1. The number of methoxy groups -OCH3 is 1. The van der Waals surface area contributed by atoms with Gasteiger partial charge in [-0.1, -0.05) is 19.9 Å². The lowest BCUT2D eigenvalue weighted by Gasteiger charge is -2.18. The van der Waals surface area contributed by atoms with Crippen molar-refractivity contribution in [2.75, 3.05) is 37.4 Å². The first-order chi connectivity index (χ1) is 16.1. The number of rotatable bonds is 9.